The van der Waals surface area contributed by atoms with Gasteiger partial charge in [0.25, 0.3) is 5.56 Å². The van der Waals surface area contributed by atoms with Crippen LogP contribution in [-0.4, -0.2) is 54.5 Å². The lowest BCUT2D eigenvalue weighted by molar-refractivity contribution is -0.127. The monoisotopic (exact) mass is 538 g/mol. The van der Waals surface area contributed by atoms with Crippen LogP contribution >= 0.6 is 0 Å². The maximum Gasteiger partial charge on any atom is 0.258 e. The summed E-state index contributed by atoms with van der Waals surface area (Å²) in [4.78, 5) is 34.3. The summed E-state index contributed by atoms with van der Waals surface area (Å²) in [5.41, 5.74) is 10.4. The zero-order chi connectivity index (χ0) is 28.2. The van der Waals surface area contributed by atoms with Gasteiger partial charge in [0, 0.05) is 55.2 Å². The Morgan fingerprint density at radius 3 is 2.52 bits per heavy atom. The lowest BCUT2D eigenvalue weighted by Crippen LogP contribution is -2.34. The molecule has 40 heavy (non-hydrogen) atoms. The van der Waals surface area contributed by atoms with Crippen molar-refractivity contribution in [2.75, 3.05) is 13.1 Å². The molecule has 1 aliphatic rings. The van der Waals surface area contributed by atoms with Crippen LogP contribution in [0.1, 0.15) is 44.5 Å². The number of carbonyl (C=O) groups is 1. The van der Waals surface area contributed by atoms with Crippen LogP contribution in [0.2, 0.25) is 0 Å². The van der Waals surface area contributed by atoms with Crippen LogP contribution < -0.4 is 11.3 Å². The molecule has 5 rings (SSSR count). The minimum atomic E-state index is -0.0604. The van der Waals surface area contributed by atoms with E-state index in [-0.39, 0.29) is 11.5 Å². The van der Waals surface area contributed by atoms with Crippen LogP contribution in [0.5, 0.6) is 0 Å². The molecule has 0 saturated carbocycles. The van der Waals surface area contributed by atoms with E-state index < -0.39 is 0 Å². The van der Waals surface area contributed by atoms with Crippen LogP contribution in [-0.2, 0) is 24.8 Å². The van der Waals surface area contributed by atoms with Gasteiger partial charge in [0.15, 0.2) is 5.82 Å². The van der Waals surface area contributed by atoms with E-state index >= 15 is 0 Å². The van der Waals surface area contributed by atoms with Gasteiger partial charge in [-0.3, -0.25) is 9.59 Å². The van der Waals surface area contributed by atoms with Crippen molar-refractivity contribution >= 4 is 34.3 Å². The average Bonchev–Trinajstić information content (AvgIpc) is 3.28. The van der Waals surface area contributed by atoms with Gasteiger partial charge in [0.1, 0.15) is 5.84 Å². The Bertz CT molecular complexity index is 1670. The first kappa shape index (κ1) is 27.0. The number of hydrogen-bond acceptors (Lipinski definition) is 7. The molecule has 10 heteroatoms. The van der Waals surface area contributed by atoms with Crippen molar-refractivity contribution in [1.82, 2.24) is 29.7 Å². The van der Waals surface area contributed by atoms with Gasteiger partial charge in [0.2, 0.25) is 5.91 Å². The highest BCUT2D eigenvalue weighted by atomic mass is 16.2. The predicted octanol–water partition coefficient (Wildman–Crippen LogP) is 3.86. The minimum absolute atomic E-state index is 0.0203. The first-order chi connectivity index (χ1) is 19.4. The Hall–Kier alpha value is -4.60. The normalized spacial score (nSPS) is 13.0. The Morgan fingerprint density at radius 1 is 1.05 bits per heavy atom. The molecular formula is C30H34N8O2. The Morgan fingerprint density at radius 2 is 1.80 bits per heavy atom. The highest BCUT2D eigenvalue weighted by Gasteiger charge is 2.21. The molecule has 2 aromatic carbocycles. The number of pyridine rings is 1. The molecule has 3 heterocycles. The molecule has 0 atom stereocenters. The van der Waals surface area contributed by atoms with Crippen LogP contribution in [0.4, 0.5) is 5.69 Å². The molecule has 0 spiro atoms. The lowest BCUT2D eigenvalue weighted by Gasteiger charge is -2.22. The van der Waals surface area contributed by atoms with Crippen LogP contribution in [0.25, 0.3) is 28.0 Å². The number of aliphatic imine (C=N–C) groups is 1. The number of nitrogens with zero attached hydrogens (tertiary/aromatic N) is 7. The van der Waals surface area contributed by atoms with Crippen molar-refractivity contribution in [3.8, 4) is 11.1 Å². The molecule has 1 aliphatic heterocycles. The number of tetrazole rings is 1. The fourth-order valence-electron chi connectivity index (χ4n) is 5.05. The number of hydrogen-bond donors (Lipinski definition) is 1. The Balaban J connectivity index is 1.42. The summed E-state index contributed by atoms with van der Waals surface area (Å²) in [6.07, 6.45) is 6.37. The van der Waals surface area contributed by atoms with Gasteiger partial charge >= 0.3 is 0 Å². The smallest absolute Gasteiger partial charge is 0.258 e. The molecule has 10 nitrogen and oxygen atoms in total. The van der Waals surface area contributed by atoms with Gasteiger partial charge < -0.3 is 15.2 Å². The third-order valence-electron chi connectivity index (χ3n) is 6.98. The molecule has 0 unspecified atom stereocenters. The van der Waals surface area contributed by atoms with Crippen molar-refractivity contribution < 1.29 is 4.79 Å². The Labute approximate surface area is 232 Å². The number of nitrogens with two attached hydrogens (primary N) is 1. The largest absolute Gasteiger partial charge is 0.387 e. The standard InChI is InChI=1S/C30H34N8O2/c1-4-12-37(13-5-2)29(39)24-17-23-7-6-21(18-26(23)32-27(31)19-24)20-8-9-25-22(16-20)10-14-38(30(25)40)15-11-28-33-35-36(3)34-28/h6-10,14,16-18H,4-5,11-13,15,19H2,1-3H3,(H2,31,32). The van der Waals surface area contributed by atoms with Gasteiger partial charge in [-0.2, -0.15) is 4.80 Å². The Kier molecular flexibility index (Phi) is 7.86. The van der Waals surface area contributed by atoms with E-state index in [2.05, 4.69) is 34.3 Å². The molecule has 2 N–H and O–H groups in total. The maximum absolute atomic E-state index is 13.3. The lowest BCUT2D eigenvalue weighted by atomic mass is 9.99. The molecule has 4 aromatic rings. The van der Waals surface area contributed by atoms with E-state index in [1.165, 1.54) is 4.80 Å². The number of benzene rings is 2. The summed E-state index contributed by atoms with van der Waals surface area (Å²) in [5.74, 6) is 1.04. The summed E-state index contributed by atoms with van der Waals surface area (Å²) < 4.78 is 1.67. The average molecular weight is 539 g/mol. The zero-order valence-electron chi connectivity index (χ0n) is 23.2. The summed E-state index contributed by atoms with van der Waals surface area (Å²) >= 11 is 0. The number of rotatable bonds is 9. The SMILES string of the molecule is CCCN(CCC)C(=O)C1=Cc2ccc(-c3ccc4c(=O)n(CCc5nnn(C)n5)ccc4c3)cc2N=C(N)C1. The van der Waals surface area contributed by atoms with Crippen LogP contribution in [0, 0.1) is 0 Å². The summed E-state index contributed by atoms with van der Waals surface area (Å²) in [7, 11) is 1.71. The van der Waals surface area contributed by atoms with E-state index in [9.17, 15) is 9.59 Å². The topological polar surface area (TPSA) is 124 Å². The second-order valence-corrected chi connectivity index (χ2v) is 10.1. The summed E-state index contributed by atoms with van der Waals surface area (Å²) in [6.45, 7) is 6.06. The number of carbonyl (C=O) groups excluding carboxylic acids is 1. The van der Waals surface area contributed by atoms with Crippen LogP contribution in [0.15, 0.2) is 64.0 Å². The molecule has 0 bridgehead atoms. The number of aryl methyl sites for hydroxylation is 3. The molecule has 1 amide bonds. The highest BCUT2D eigenvalue weighted by Crippen LogP contribution is 2.33. The second kappa shape index (κ2) is 11.6. The maximum atomic E-state index is 13.3. The van der Waals surface area contributed by atoms with E-state index in [0.29, 0.717) is 42.0 Å². The molecule has 2 aromatic heterocycles. The third-order valence-corrected chi connectivity index (χ3v) is 6.98. The van der Waals surface area contributed by atoms with Gasteiger partial charge in [-0.25, -0.2) is 4.99 Å². The molecule has 206 valence electrons. The molecular weight excluding hydrogens is 504 g/mol. The quantitative estimate of drug-likeness (QED) is 0.345. The van der Waals surface area contributed by atoms with E-state index in [1.54, 1.807) is 17.8 Å². The third kappa shape index (κ3) is 5.70. The van der Waals surface area contributed by atoms with Crippen molar-refractivity contribution in [3.05, 3.63) is 76.0 Å². The first-order valence-electron chi connectivity index (χ1n) is 13.7. The van der Waals surface area contributed by atoms with E-state index in [1.807, 2.05) is 53.4 Å². The van der Waals surface area contributed by atoms with Crippen LogP contribution in [0.3, 0.4) is 0 Å². The van der Waals surface area contributed by atoms with Gasteiger partial charge in [-0.1, -0.05) is 32.0 Å². The predicted molar refractivity (Wildman–Crippen MR) is 157 cm³/mol. The fraction of sp³-hybridized carbons (Fsp3) is 0.333. The minimum Gasteiger partial charge on any atom is -0.387 e. The van der Waals surface area contributed by atoms with Gasteiger partial charge in [-0.05, 0) is 64.9 Å². The first-order valence-corrected chi connectivity index (χ1v) is 13.7. The van der Waals surface area contributed by atoms with Crippen molar-refractivity contribution in [3.63, 3.8) is 0 Å². The van der Waals surface area contributed by atoms with Crippen molar-refractivity contribution in [2.45, 2.75) is 46.1 Å². The van der Waals surface area contributed by atoms with Gasteiger partial charge in [0.05, 0.1) is 12.7 Å². The van der Waals surface area contributed by atoms with Gasteiger partial charge in [-0.15, -0.1) is 10.2 Å². The molecule has 0 saturated heterocycles. The molecule has 0 aliphatic carbocycles. The van der Waals surface area contributed by atoms with E-state index in [0.717, 1.165) is 53.7 Å². The number of fused-ring (bicyclic) bond motifs is 2. The molecule has 0 radical (unpaired) electrons. The number of amides is 1. The number of amidine groups is 1. The molecule has 0 fully saturated rings. The van der Waals surface area contributed by atoms with E-state index in [4.69, 9.17) is 5.73 Å². The zero-order valence-corrected chi connectivity index (χ0v) is 23.2. The summed E-state index contributed by atoms with van der Waals surface area (Å²) in [5, 5.41) is 13.5. The fourth-order valence-corrected chi connectivity index (χ4v) is 5.05. The van der Waals surface area contributed by atoms with Crippen molar-refractivity contribution in [2.24, 2.45) is 17.8 Å². The highest BCUT2D eigenvalue weighted by molar-refractivity contribution is 6.05. The second-order valence-electron chi connectivity index (χ2n) is 10.1. The summed E-state index contributed by atoms with van der Waals surface area (Å²) in [6, 6.07) is 13.7. The van der Waals surface area contributed by atoms with Crippen molar-refractivity contribution in [1.29, 1.82) is 0 Å². The number of aromatic nitrogens is 5.